The lowest BCUT2D eigenvalue weighted by atomic mass is 10.1. The number of aromatic nitrogens is 5. The summed E-state index contributed by atoms with van der Waals surface area (Å²) in [6.07, 6.45) is 9.16. The van der Waals surface area contributed by atoms with Crippen LogP contribution < -0.4 is 10.6 Å². The highest BCUT2D eigenvalue weighted by molar-refractivity contribution is 5.91. The number of benzene rings is 1. The summed E-state index contributed by atoms with van der Waals surface area (Å²) in [4.78, 5) is 23.2. The summed E-state index contributed by atoms with van der Waals surface area (Å²) in [5, 5.41) is 0. The molecule has 0 atom stereocenters. The van der Waals surface area contributed by atoms with Crippen LogP contribution in [0.5, 0.6) is 0 Å². The van der Waals surface area contributed by atoms with Gasteiger partial charge in [0.05, 0.1) is 46.7 Å². The second-order valence-electron chi connectivity index (χ2n) is 8.05. The molecule has 7 nitrogen and oxygen atoms in total. The predicted molar refractivity (Wildman–Crippen MR) is 128 cm³/mol. The highest BCUT2D eigenvalue weighted by Crippen LogP contribution is 2.29. The molecule has 0 fully saturated rings. The van der Waals surface area contributed by atoms with Gasteiger partial charge in [-0.2, -0.15) is 0 Å². The summed E-state index contributed by atoms with van der Waals surface area (Å²) < 4.78 is 13.8. The van der Waals surface area contributed by atoms with Crippen LogP contribution in [-0.2, 0) is 6.42 Å². The van der Waals surface area contributed by atoms with Gasteiger partial charge in [0.15, 0.2) is 0 Å². The van der Waals surface area contributed by atoms with E-state index in [1.165, 1.54) is 12.1 Å². The first kappa shape index (κ1) is 20.6. The number of aromatic amines is 1. The van der Waals surface area contributed by atoms with E-state index in [0.717, 1.165) is 50.5 Å². The molecule has 4 aromatic heterocycles. The van der Waals surface area contributed by atoms with Crippen LogP contribution in [0, 0.1) is 5.82 Å². The number of hydrogen-bond acceptors (Lipinski definition) is 6. The SMILES string of the molecule is CN(C)c1cncc(-c2cc(Cc3nc4c(-c5cccc(F)c5)cncc4[nH]3)c(N)cn2)c1. The molecule has 8 heteroatoms. The van der Waals surface area contributed by atoms with Gasteiger partial charge in [0, 0.05) is 44.0 Å². The number of anilines is 2. The van der Waals surface area contributed by atoms with Crippen molar-refractivity contribution >= 4 is 22.4 Å². The summed E-state index contributed by atoms with van der Waals surface area (Å²) >= 11 is 0. The molecular weight excluding hydrogens is 417 g/mol. The Morgan fingerprint density at radius 2 is 1.82 bits per heavy atom. The van der Waals surface area contributed by atoms with Crippen molar-refractivity contribution in [1.82, 2.24) is 24.9 Å². The van der Waals surface area contributed by atoms with E-state index >= 15 is 0 Å². The Hall–Kier alpha value is -4.33. The van der Waals surface area contributed by atoms with Gasteiger partial charge < -0.3 is 15.6 Å². The topological polar surface area (TPSA) is 96.6 Å². The Balaban J connectivity index is 1.51. The second kappa shape index (κ2) is 8.31. The molecule has 0 saturated heterocycles. The molecule has 0 saturated carbocycles. The van der Waals surface area contributed by atoms with Crippen molar-refractivity contribution in [3.8, 4) is 22.4 Å². The number of halogens is 1. The molecule has 164 valence electrons. The average Bonchev–Trinajstić information content (AvgIpc) is 3.23. The molecule has 4 heterocycles. The van der Waals surface area contributed by atoms with E-state index < -0.39 is 0 Å². The number of nitrogens with one attached hydrogen (secondary N) is 1. The third-order valence-corrected chi connectivity index (χ3v) is 5.50. The van der Waals surface area contributed by atoms with Gasteiger partial charge in [-0.25, -0.2) is 9.37 Å². The van der Waals surface area contributed by atoms with Crippen LogP contribution in [-0.4, -0.2) is 39.0 Å². The number of fused-ring (bicyclic) bond motifs is 1. The Morgan fingerprint density at radius 1 is 0.970 bits per heavy atom. The molecule has 0 unspecified atom stereocenters. The first-order valence-electron chi connectivity index (χ1n) is 10.4. The molecule has 0 bridgehead atoms. The number of pyridine rings is 3. The van der Waals surface area contributed by atoms with Crippen LogP contribution >= 0.6 is 0 Å². The van der Waals surface area contributed by atoms with Crippen molar-refractivity contribution in [2.24, 2.45) is 0 Å². The third kappa shape index (κ3) is 4.10. The summed E-state index contributed by atoms with van der Waals surface area (Å²) in [7, 11) is 3.94. The van der Waals surface area contributed by atoms with E-state index in [9.17, 15) is 4.39 Å². The first-order chi connectivity index (χ1) is 16.0. The van der Waals surface area contributed by atoms with Gasteiger partial charge in [0.2, 0.25) is 0 Å². The lowest BCUT2D eigenvalue weighted by Crippen LogP contribution is -2.09. The Bertz CT molecular complexity index is 1460. The van der Waals surface area contributed by atoms with Gasteiger partial charge >= 0.3 is 0 Å². The van der Waals surface area contributed by atoms with Crippen molar-refractivity contribution in [3.05, 3.63) is 84.6 Å². The van der Waals surface area contributed by atoms with E-state index in [4.69, 9.17) is 10.7 Å². The summed E-state index contributed by atoms with van der Waals surface area (Å²) in [6, 6.07) is 10.4. The summed E-state index contributed by atoms with van der Waals surface area (Å²) in [6.45, 7) is 0. The lowest BCUT2D eigenvalue weighted by molar-refractivity contribution is 0.628. The predicted octanol–water partition coefficient (Wildman–Crippen LogP) is 4.46. The van der Waals surface area contributed by atoms with Gasteiger partial charge in [0.1, 0.15) is 11.6 Å². The number of nitrogens with two attached hydrogens (primary N) is 1. The van der Waals surface area contributed by atoms with Crippen LogP contribution in [0.15, 0.2) is 67.4 Å². The van der Waals surface area contributed by atoms with E-state index in [1.54, 1.807) is 37.1 Å². The van der Waals surface area contributed by atoms with Gasteiger partial charge in [-0.1, -0.05) is 12.1 Å². The normalized spacial score (nSPS) is 11.1. The van der Waals surface area contributed by atoms with Gasteiger partial charge in [-0.05, 0) is 35.4 Å². The smallest absolute Gasteiger partial charge is 0.123 e. The first-order valence-corrected chi connectivity index (χ1v) is 10.4. The number of imidazole rings is 1. The van der Waals surface area contributed by atoms with Crippen LogP contribution in [0.2, 0.25) is 0 Å². The number of rotatable bonds is 5. The standard InChI is InChI=1S/C25H22FN7/c1-33(2)19-7-17(10-28-11-19)22-8-16(21(27)13-30-22)9-24-31-23-14-29-12-20(25(23)32-24)15-4-3-5-18(26)6-15/h3-8,10-14H,9,27H2,1-2H3,(H,31,32). The monoisotopic (exact) mass is 439 g/mol. The molecule has 0 aliphatic carbocycles. The molecule has 0 aliphatic heterocycles. The van der Waals surface area contributed by atoms with Crippen molar-refractivity contribution < 1.29 is 4.39 Å². The lowest BCUT2D eigenvalue weighted by Gasteiger charge is -2.13. The van der Waals surface area contributed by atoms with E-state index in [0.29, 0.717) is 12.1 Å². The maximum Gasteiger partial charge on any atom is 0.123 e. The summed E-state index contributed by atoms with van der Waals surface area (Å²) in [5.41, 5.74) is 13.4. The minimum absolute atomic E-state index is 0.301. The highest BCUT2D eigenvalue weighted by atomic mass is 19.1. The minimum Gasteiger partial charge on any atom is -0.397 e. The van der Waals surface area contributed by atoms with Crippen molar-refractivity contribution in [2.45, 2.75) is 6.42 Å². The average molecular weight is 439 g/mol. The number of nitrogens with zero attached hydrogens (tertiary/aromatic N) is 5. The maximum absolute atomic E-state index is 13.8. The zero-order chi connectivity index (χ0) is 22.9. The maximum atomic E-state index is 13.8. The van der Waals surface area contributed by atoms with Crippen LogP contribution in [0.25, 0.3) is 33.4 Å². The summed E-state index contributed by atoms with van der Waals surface area (Å²) in [5.74, 6) is 0.435. The fourth-order valence-corrected chi connectivity index (χ4v) is 3.75. The molecule has 5 rings (SSSR count). The molecule has 1 aromatic carbocycles. The van der Waals surface area contributed by atoms with Gasteiger partial charge in [0.25, 0.3) is 0 Å². The molecule has 3 N–H and O–H groups in total. The largest absolute Gasteiger partial charge is 0.397 e. The fourth-order valence-electron chi connectivity index (χ4n) is 3.75. The van der Waals surface area contributed by atoms with Gasteiger partial charge in [-0.3, -0.25) is 15.0 Å². The fraction of sp³-hybridized carbons (Fsp3) is 0.120. The van der Waals surface area contributed by atoms with Crippen molar-refractivity contribution in [2.75, 3.05) is 24.7 Å². The molecule has 0 amide bonds. The zero-order valence-electron chi connectivity index (χ0n) is 18.2. The molecule has 33 heavy (non-hydrogen) atoms. The Morgan fingerprint density at radius 3 is 2.64 bits per heavy atom. The van der Waals surface area contributed by atoms with E-state index in [-0.39, 0.29) is 5.82 Å². The third-order valence-electron chi connectivity index (χ3n) is 5.50. The highest BCUT2D eigenvalue weighted by Gasteiger charge is 2.13. The van der Waals surface area contributed by atoms with Crippen molar-refractivity contribution in [1.29, 1.82) is 0 Å². The second-order valence-corrected chi connectivity index (χ2v) is 8.05. The minimum atomic E-state index is -0.301. The van der Waals surface area contributed by atoms with Crippen LogP contribution in [0.3, 0.4) is 0 Å². The Kier molecular flexibility index (Phi) is 5.18. The molecule has 0 radical (unpaired) electrons. The van der Waals surface area contributed by atoms with Crippen molar-refractivity contribution in [3.63, 3.8) is 0 Å². The number of H-pyrrole nitrogens is 1. The molecule has 0 spiro atoms. The zero-order valence-corrected chi connectivity index (χ0v) is 18.2. The molecular formula is C25H22FN7. The number of hydrogen-bond donors (Lipinski definition) is 2. The quantitative estimate of drug-likeness (QED) is 0.420. The van der Waals surface area contributed by atoms with E-state index in [1.807, 2.05) is 37.2 Å². The Labute approximate surface area is 190 Å². The van der Waals surface area contributed by atoms with Crippen LogP contribution in [0.1, 0.15) is 11.4 Å². The van der Waals surface area contributed by atoms with Gasteiger partial charge in [-0.15, -0.1) is 0 Å². The molecule has 5 aromatic rings. The number of nitrogen functional groups attached to an aromatic ring is 1. The van der Waals surface area contributed by atoms with E-state index in [2.05, 4.69) is 19.9 Å². The molecule has 0 aliphatic rings. The van der Waals surface area contributed by atoms with Crippen LogP contribution in [0.4, 0.5) is 15.8 Å².